The average molecular weight is 247 g/mol. The molecule has 0 radical (unpaired) electrons. The highest BCUT2D eigenvalue weighted by Crippen LogP contribution is 2.16. The molecule has 4 N–H and O–H groups in total. The van der Waals surface area contributed by atoms with Crippen LogP contribution in [0.3, 0.4) is 0 Å². The summed E-state index contributed by atoms with van der Waals surface area (Å²) in [5.41, 5.74) is 0.00313. The fourth-order valence-electron chi connectivity index (χ4n) is 0.993. The zero-order chi connectivity index (χ0) is 12.3. The smallest absolute Gasteiger partial charge is 0.318 e. The maximum atomic E-state index is 13.0. The molecule has 2 amide bonds. The van der Waals surface area contributed by atoms with Gasteiger partial charge in [-0.25, -0.2) is 22.7 Å². The molecule has 0 fully saturated rings. The fraction of sp³-hybridized carbons (Fsp3) is 0.125. The van der Waals surface area contributed by atoms with Crippen molar-refractivity contribution in [2.45, 2.75) is 4.90 Å². The third-order valence-electron chi connectivity index (χ3n) is 1.68. The van der Waals surface area contributed by atoms with Gasteiger partial charge in [0, 0.05) is 12.7 Å². The first-order chi connectivity index (χ1) is 7.32. The Morgan fingerprint density at radius 2 is 2.00 bits per heavy atom. The molecule has 0 heterocycles. The maximum Gasteiger partial charge on any atom is 0.318 e. The van der Waals surface area contributed by atoms with Crippen molar-refractivity contribution in [1.82, 2.24) is 5.32 Å². The highest BCUT2D eigenvalue weighted by atomic mass is 32.2. The van der Waals surface area contributed by atoms with Crippen molar-refractivity contribution in [1.29, 1.82) is 0 Å². The van der Waals surface area contributed by atoms with Gasteiger partial charge in [0.05, 0.1) is 4.90 Å². The Labute approximate surface area is 91.7 Å². The molecule has 0 spiro atoms. The molecule has 0 unspecified atom stereocenters. The predicted molar refractivity (Wildman–Crippen MR) is 55.9 cm³/mol. The van der Waals surface area contributed by atoms with E-state index < -0.39 is 26.8 Å². The number of sulfonamides is 1. The number of anilines is 1. The van der Waals surface area contributed by atoms with Crippen LogP contribution in [-0.4, -0.2) is 21.5 Å². The van der Waals surface area contributed by atoms with Crippen LogP contribution in [0, 0.1) is 5.82 Å². The van der Waals surface area contributed by atoms with Gasteiger partial charge >= 0.3 is 6.03 Å². The molecule has 1 aromatic carbocycles. The minimum absolute atomic E-state index is 0.00313. The van der Waals surface area contributed by atoms with E-state index in [1.807, 2.05) is 0 Å². The minimum atomic E-state index is -4.00. The third-order valence-corrected chi connectivity index (χ3v) is 2.58. The maximum absolute atomic E-state index is 13.0. The van der Waals surface area contributed by atoms with Gasteiger partial charge in [-0.15, -0.1) is 0 Å². The molecule has 16 heavy (non-hydrogen) atoms. The third kappa shape index (κ3) is 3.17. The van der Waals surface area contributed by atoms with E-state index in [1.165, 1.54) is 7.05 Å². The van der Waals surface area contributed by atoms with E-state index in [2.05, 4.69) is 10.6 Å². The van der Waals surface area contributed by atoms with E-state index in [9.17, 15) is 17.6 Å². The van der Waals surface area contributed by atoms with Gasteiger partial charge in [0.2, 0.25) is 10.0 Å². The molecule has 0 atom stereocenters. The minimum Gasteiger partial charge on any atom is -0.341 e. The average Bonchev–Trinajstić information content (AvgIpc) is 2.15. The van der Waals surface area contributed by atoms with E-state index >= 15 is 0 Å². The molecular weight excluding hydrogens is 237 g/mol. The normalized spacial score (nSPS) is 10.9. The molecule has 0 bridgehead atoms. The van der Waals surface area contributed by atoms with Crippen LogP contribution >= 0.6 is 0 Å². The molecular formula is C8H10FN3O3S. The van der Waals surface area contributed by atoms with Crippen molar-refractivity contribution in [3.8, 4) is 0 Å². The summed E-state index contributed by atoms with van der Waals surface area (Å²) < 4.78 is 35.0. The largest absolute Gasteiger partial charge is 0.341 e. The van der Waals surface area contributed by atoms with Crippen LogP contribution in [0.25, 0.3) is 0 Å². The molecule has 0 aliphatic heterocycles. The molecule has 0 saturated heterocycles. The summed E-state index contributed by atoms with van der Waals surface area (Å²) in [5, 5.41) is 9.31. The number of primary sulfonamides is 1. The predicted octanol–water partition coefficient (Wildman–Crippen LogP) is 0.224. The zero-order valence-electron chi connectivity index (χ0n) is 8.32. The molecule has 88 valence electrons. The number of hydrogen-bond donors (Lipinski definition) is 3. The Bertz CT molecular complexity index is 515. The van der Waals surface area contributed by atoms with Crippen molar-refractivity contribution in [3.63, 3.8) is 0 Å². The van der Waals surface area contributed by atoms with Gasteiger partial charge in [-0.05, 0) is 18.2 Å². The van der Waals surface area contributed by atoms with Gasteiger partial charge in [-0.3, -0.25) is 0 Å². The Kier molecular flexibility index (Phi) is 3.45. The highest BCUT2D eigenvalue weighted by molar-refractivity contribution is 7.89. The van der Waals surface area contributed by atoms with Crippen LogP contribution in [0.5, 0.6) is 0 Å². The monoisotopic (exact) mass is 247 g/mol. The lowest BCUT2D eigenvalue weighted by atomic mass is 10.3. The summed E-state index contributed by atoms with van der Waals surface area (Å²) in [4.78, 5) is 10.5. The number of benzene rings is 1. The van der Waals surface area contributed by atoms with Crippen molar-refractivity contribution < 1.29 is 17.6 Å². The van der Waals surface area contributed by atoms with Gasteiger partial charge in [-0.1, -0.05) is 0 Å². The first-order valence-electron chi connectivity index (χ1n) is 4.15. The van der Waals surface area contributed by atoms with Crippen molar-refractivity contribution in [3.05, 3.63) is 24.0 Å². The molecule has 8 heteroatoms. The molecule has 6 nitrogen and oxygen atoms in total. The van der Waals surface area contributed by atoms with Gasteiger partial charge in [0.15, 0.2) is 0 Å². The molecule has 0 aliphatic carbocycles. The number of hydrogen-bond acceptors (Lipinski definition) is 3. The van der Waals surface area contributed by atoms with Crippen LogP contribution in [0.2, 0.25) is 0 Å². The Hall–Kier alpha value is -1.67. The van der Waals surface area contributed by atoms with E-state index in [1.54, 1.807) is 0 Å². The number of carbonyl (C=O) groups excluding carboxylic acids is 1. The van der Waals surface area contributed by atoms with Crippen LogP contribution in [0.4, 0.5) is 14.9 Å². The molecule has 0 saturated carbocycles. The Morgan fingerprint density at radius 3 is 2.50 bits per heavy atom. The number of amides is 2. The van der Waals surface area contributed by atoms with E-state index in [4.69, 9.17) is 5.14 Å². The second-order valence-electron chi connectivity index (χ2n) is 2.92. The lowest BCUT2D eigenvalue weighted by molar-refractivity contribution is 0.254. The quantitative estimate of drug-likeness (QED) is 0.696. The molecule has 1 rings (SSSR count). The topological polar surface area (TPSA) is 101 Å². The van der Waals surface area contributed by atoms with Crippen molar-refractivity contribution in [2.75, 3.05) is 12.4 Å². The number of nitrogens with one attached hydrogen (secondary N) is 2. The summed E-state index contributed by atoms with van der Waals surface area (Å²) in [6.45, 7) is 0. The molecule has 0 aliphatic rings. The van der Waals surface area contributed by atoms with E-state index in [0.29, 0.717) is 0 Å². The summed E-state index contributed by atoms with van der Waals surface area (Å²) in [6, 6.07) is 2.22. The summed E-state index contributed by atoms with van der Waals surface area (Å²) in [7, 11) is -2.63. The molecule has 0 aromatic heterocycles. The lowest BCUT2D eigenvalue weighted by Crippen LogP contribution is -2.24. The number of carbonyl (C=O) groups is 1. The Balaban J connectivity index is 3.14. The number of nitrogens with two attached hydrogens (primary N) is 1. The Morgan fingerprint density at radius 1 is 1.38 bits per heavy atom. The SMILES string of the molecule is CNC(=O)Nc1cc(F)cc(S(N)(=O)=O)c1. The fourth-order valence-corrected chi connectivity index (χ4v) is 1.56. The summed E-state index contributed by atoms with van der Waals surface area (Å²) in [5.74, 6) is -0.807. The summed E-state index contributed by atoms with van der Waals surface area (Å²) >= 11 is 0. The van der Waals surface area contributed by atoms with Crippen molar-refractivity contribution >= 4 is 21.7 Å². The number of rotatable bonds is 2. The first-order valence-corrected chi connectivity index (χ1v) is 5.69. The standard InChI is InChI=1S/C8H10FN3O3S/c1-11-8(13)12-6-2-5(9)3-7(4-6)16(10,14)15/h2-4H,1H3,(H2,10,14,15)(H2,11,12,13). The van der Waals surface area contributed by atoms with E-state index in [-0.39, 0.29) is 5.69 Å². The summed E-state index contributed by atoms with van der Waals surface area (Å²) in [6.07, 6.45) is 0. The number of urea groups is 1. The van der Waals surface area contributed by atoms with Gasteiger partial charge in [0.1, 0.15) is 5.82 Å². The highest BCUT2D eigenvalue weighted by Gasteiger charge is 2.11. The van der Waals surface area contributed by atoms with Gasteiger partial charge in [0.25, 0.3) is 0 Å². The van der Waals surface area contributed by atoms with Crippen LogP contribution in [0.1, 0.15) is 0 Å². The van der Waals surface area contributed by atoms with Crippen LogP contribution in [-0.2, 0) is 10.0 Å². The zero-order valence-corrected chi connectivity index (χ0v) is 9.14. The first kappa shape index (κ1) is 12.4. The van der Waals surface area contributed by atoms with Crippen LogP contribution in [0.15, 0.2) is 23.1 Å². The lowest BCUT2D eigenvalue weighted by Gasteiger charge is -2.06. The number of halogens is 1. The second kappa shape index (κ2) is 4.45. The van der Waals surface area contributed by atoms with Crippen molar-refractivity contribution in [2.24, 2.45) is 5.14 Å². The van der Waals surface area contributed by atoms with E-state index in [0.717, 1.165) is 18.2 Å². The molecule has 1 aromatic rings. The van der Waals surface area contributed by atoms with Gasteiger partial charge < -0.3 is 10.6 Å². The van der Waals surface area contributed by atoms with Crippen LogP contribution < -0.4 is 15.8 Å². The van der Waals surface area contributed by atoms with Gasteiger partial charge in [-0.2, -0.15) is 0 Å². The second-order valence-corrected chi connectivity index (χ2v) is 4.49.